The van der Waals surface area contributed by atoms with Crippen molar-refractivity contribution in [3.63, 3.8) is 0 Å². The number of unbranched alkanes of at least 4 members (excludes halogenated alkanes) is 9. The van der Waals surface area contributed by atoms with Crippen molar-refractivity contribution in [2.75, 3.05) is 13.1 Å². The first-order valence-corrected chi connectivity index (χ1v) is 9.34. The van der Waals surface area contributed by atoms with Gasteiger partial charge in [0.05, 0.1) is 6.10 Å². The van der Waals surface area contributed by atoms with Gasteiger partial charge in [0.1, 0.15) is 0 Å². The summed E-state index contributed by atoms with van der Waals surface area (Å²) in [6.45, 7) is 10.6. The number of aliphatic hydroxyl groups is 1. The van der Waals surface area contributed by atoms with Gasteiger partial charge >= 0.3 is 0 Å². The minimum atomic E-state index is -0.201. The zero-order valence-corrected chi connectivity index (χ0v) is 15.2. The quantitative estimate of drug-likeness (QED) is 0.427. The summed E-state index contributed by atoms with van der Waals surface area (Å²) in [7, 11) is 0. The highest BCUT2D eigenvalue weighted by Crippen LogP contribution is 2.20. The Morgan fingerprint density at radius 1 is 0.810 bits per heavy atom. The Morgan fingerprint density at radius 3 is 1.76 bits per heavy atom. The van der Waals surface area contributed by atoms with Crippen LogP contribution >= 0.6 is 0 Å². The number of hydrogen-bond donors (Lipinski definition) is 2. The Labute approximate surface area is 134 Å². The lowest BCUT2D eigenvalue weighted by molar-refractivity contribution is 0.120. The van der Waals surface area contributed by atoms with Crippen LogP contribution < -0.4 is 5.32 Å². The molecule has 21 heavy (non-hydrogen) atoms. The molecule has 0 bridgehead atoms. The van der Waals surface area contributed by atoms with Crippen LogP contribution in [-0.4, -0.2) is 24.3 Å². The molecular weight excluding hydrogens is 258 g/mol. The summed E-state index contributed by atoms with van der Waals surface area (Å²) in [5.74, 6) is 0. The van der Waals surface area contributed by atoms with Gasteiger partial charge in [-0.05, 0) is 24.8 Å². The summed E-state index contributed by atoms with van der Waals surface area (Å²) in [4.78, 5) is 0. The van der Waals surface area contributed by atoms with Crippen LogP contribution in [0.5, 0.6) is 0 Å². The molecule has 0 rings (SSSR count). The molecule has 2 nitrogen and oxygen atoms in total. The molecule has 0 spiro atoms. The summed E-state index contributed by atoms with van der Waals surface area (Å²) < 4.78 is 0. The third kappa shape index (κ3) is 17.9. The second-order valence-corrected chi connectivity index (χ2v) is 7.80. The van der Waals surface area contributed by atoms with Crippen molar-refractivity contribution in [3.8, 4) is 0 Å². The summed E-state index contributed by atoms with van der Waals surface area (Å²) in [6, 6.07) is 0. The molecule has 0 aliphatic carbocycles. The van der Waals surface area contributed by atoms with Gasteiger partial charge < -0.3 is 10.4 Å². The van der Waals surface area contributed by atoms with Gasteiger partial charge in [0.15, 0.2) is 0 Å². The molecule has 0 aromatic carbocycles. The third-order valence-electron chi connectivity index (χ3n) is 3.94. The van der Waals surface area contributed by atoms with Gasteiger partial charge in [-0.15, -0.1) is 0 Å². The highest BCUT2D eigenvalue weighted by molar-refractivity contribution is 4.69. The molecule has 0 heterocycles. The van der Waals surface area contributed by atoms with Crippen molar-refractivity contribution < 1.29 is 5.11 Å². The molecule has 2 N–H and O–H groups in total. The predicted molar refractivity (Wildman–Crippen MR) is 94.8 cm³/mol. The normalized spacial score (nSPS) is 13.6. The minimum Gasteiger partial charge on any atom is -0.392 e. The summed E-state index contributed by atoms with van der Waals surface area (Å²) in [6.07, 6.45) is 14.5. The SMILES string of the molecule is CCCCCCCCCCCCNCC(O)CC(C)(C)C. The Hall–Kier alpha value is -0.0800. The maximum absolute atomic E-state index is 9.88. The molecule has 2 heteroatoms. The number of nitrogens with one attached hydrogen (secondary N) is 1. The predicted octanol–water partition coefficient (Wildman–Crippen LogP) is 5.29. The van der Waals surface area contributed by atoms with E-state index >= 15 is 0 Å². The first-order chi connectivity index (χ1) is 9.95. The average Bonchev–Trinajstić information content (AvgIpc) is 2.38. The fourth-order valence-corrected chi connectivity index (χ4v) is 2.79. The van der Waals surface area contributed by atoms with E-state index in [0.29, 0.717) is 0 Å². The van der Waals surface area contributed by atoms with Crippen molar-refractivity contribution in [1.29, 1.82) is 0 Å². The zero-order valence-electron chi connectivity index (χ0n) is 15.2. The fourth-order valence-electron chi connectivity index (χ4n) is 2.79. The van der Waals surface area contributed by atoms with Crippen LogP contribution in [0.4, 0.5) is 0 Å². The Kier molecular flexibility index (Phi) is 13.5. The van der Waals surface area contributed by atoms with E-state index in [4.69, 9.17) is 0 Å². The van der Waals surface area contributed by atoms with E-state index in [9.17, 15) is 5.11 Å². The lowest BCUT2D eigenvalue weighted by atomic mass is 9.89. The summed E-state index contributed by atoms with van der Waals surface area (Å²) in [5, 5.41) is 13.3. The third-order valence-corrected chi connectivity index (χ3v) is 3.94. The van der Waals surface area contributed by atoms with Crippen LogP contribution in [0, 0.1) is 5.41 Å². The van der Waals surface area contributed by atoms with Crippen molar-refractivity contribution in [1.82, 2.24) is 5.32 Å². The second kappa shape index (κ2) is 13.6. The van der Waals surface area contributed by atoms with Crippen molar-refractivity contribution in [3.05, 3.63) is 0 Å². The van der Waals surface area contributed by atoms with Crippen LogP contribution in [0.2, 0.25) is 0 Å². The molecule has 0 fully saturated rings. The van der Waals surface area contributed by atoms with Gasteiger partial charge in [-0.25, -0.2) is 0 Å². The molecule has 128 valence electrons. The van der Waals surface area contributed by atoms with E-state index in [-0.39, 0.29) is 11.5 Å². The zero-order chi connectivity index (χ0) is 16.0. The van der Waals surface area contributed by atoms with Crippen molar-refractivity contribution >= 4 is 0 Å². The van der Waals surface area contributed by atoms with Gasteiger partial charge in [0.25, 0.3) is 0 Å². The van der Waals surface area contributed by atoms with E-state index < -0.39 is 0 Å². The Bertz CT molecular complexity index is 210. The number of hydrogen-bond acceptors (Lipinski definition) is 2. The summed E-state index contributed by atoms with van der Waals surface area (Å²) in [5.41, 5.74) is 0.220. The molecular formula is C19H41NO. The second-order valence-electron chi connectivity index (χ2n) is 7.80. The highest BCUT2D eigenvalue weighted by atomic mass is 16.3. The molecule has 1 unspecified atom stereocenters. The standard InChI is InChI=1S/C19H41NO/c1-5-6-7-8-9-10-11-12-13-14-15-20-17-18(21)16-19(2,3)4/h18,20-21H,5-17H2,1-4H3. The van der Waals surface area contributed by atoms with Crippen LogP contribution in [0.3, 0.4) is 0 Å². The molecule has 0 aliphatic rings. The first kappa shape index (κ1) is 20.9. The highest BCUT2D eigenvalue weighted by Gasteiger charge is 2.15. The molecule has 0 aliphatic heterocycles. The lowest BCUT2D eigenvalue weighted by Crippen LogP contribution is -2.30. The largest absolute Gasteiger partial charge is 0.392 e. The van der Waals surface area contributed by atoms with Gasteiger partial charge in [-0.2, -0.15) is 0 Å². The Morgan fingerprint density at radius 2 is 1.29 bits per heavy atom. The van der Waals surface area contributed by atoms with Crippen LogP contribution in [0.1, 0.15) is 98.3 Å². The molecule has 0 aromatic rings. The molecule has 0 saturated heterocycles. The van der Waals surface area contributed by atoms with Crippen LogP contribution in [-0.2, 0) is 0 Å². The van der Waals surface area contributed by atoms with Gasteiger partial charge in [-0.3, -0.25) is 0 Å². The maximum atomic E-state index is 9.88. The molecule has 1 atom stereocenters. The minimum absolute atomic E-state index is 0.201. The van der Waals surface area contributed by atoms with Gasteiger partial charge in [-0.1, -0.05) is 85.5 Å². The topological polar surface area (TPSA) is 32.3 Å². The van der Waals surface area contributed by atoms with Crippen molar-refractivity contribution in [2.45, 2.75) is 104 Å². The van der Waals surface area contributed by atoms with Crippen molar-refractivity contribution in [2.24, 2.45) is 5.41 Å². The number of aliphatic hydroxyl groups excluding tert-OH is 1. The molecule has 0 amide bonds. The van der Waals surface area contributed by atoms with Gasteiger partial charge in [0.2, 0.25) is 0 Å². The van der Waals surface area contributed by atoms with E-state index in [1.807, 2.05) is 0 Å². The van der Waals surface area contributed by atoms with Gasteiger partial charge in [0, 0.05) is 6.54 Å². The maximum Gasteiger partial charge on any atom is 0.0669 e. The molecule has 0 radical (unpaired) electrons. The fraction of sp³-hybridized carbons (Fsp3) is 1.00. The van der Waals surface area contributed by atoms with E-state index in [1.54, 1.807) is 0 Å². The summed E-state index contributed by atoms with van der Waals surface area (Å²) >= 11 is 0. The van der Waals surface area contributed by atoms with Crippen LogP contribution in [0.25, 0.3) is 0 Å². The molecule has 0 saturated carbocycles. The van der Waals surface area contributed by atoms with Crippen LogP contribution in [0.15, 0.2) is 0 Å². The first-order valence-electron chi connectivity index (χ1n) is 9.34. The lowest BCUT2D eigenvalue weighted by Gasteiger charge is -2.22. The average molecular weight is 300 g/mol. The van der Waals surface area contributed by atoms with E-state index in [1.165, 1.54) is 64.2 Å². The monoisotopic (exact) mass is 299 g/mol. The smallest absolute Gasteiger partial charge is 0.0669 e. The Balaban J connectivity index is 3.15. The number of rotatable bonds is 14. The van der Waals surface area contributed by atoms with E-state index in [0.717, 1.165) is 19.5 Å². The van der Waals surface area contributed by atoms with E-state index in [2.05, 4.69) is 33.0 Å². The molecule has 0 aromatic heterocycles.